The van der Waals surface area contributed by atoms with E-state index in [0.717, 1.165) is 19.0 Å². The highest BCUT2D eigenvalue weighted by Gasteiger charge is 2.37. The molecule has 3 rings (SSSR count). The summed E-state index contributed by atoms with van der Waals surface area (Å²) < 4.78 is 5.67. The molecule has 0 radical (unpaired) electrons. The zero-order valence-electron chi connectivity index (χ0n) is 14.4. The van der Waals surface area contributed by atoms with Crippen molar-refractivity contribution in [2.45, 2.75) is 26.7 Å². The van der Waals surface area contributed by atoms with E-state index in [1.165, 1.54) is 11.0 Å². The van der Waals surface area contributed by atoms with E-state index in [9.17, 15) is 19.7 Å². The number of aryl methyl sites for hydroxylation is 1. The molecule has 2 heterocycles. The van der Waals surface area contributed by atoms with Gasteiger partial charge in [0.1, 0.15) is 11.9 Å². The first-order valence-corrected chi connectivity index (χ1v) is 8.22. The van der Waals surface area contributed by atoms with E-state index in [-0.39, 0.29) is 28.8 Å². The highest BCUT2D eigenvalue weighted by Crippen LogP contribution is 2.34. The van der Waals surface area contributed by atoms with Gasteiger partial charge in [0.05, 0.1) is 16.1 Å². The van der Waals surface area contributed by atoms with Gasteiger partial charge in [-0.3, -0.25) is 24.6 Å². The quantitative estimate of drug-likeness (QED) is 0.446. The van der Waals surface area contributed by atoms with Gasteiger partial charge >= 0.3 is 0 Å². The average molecular weight is 355 g/mol. The predicted molar refractivity (Wildman–Crippen MR) is 92.4 cm³/mol. The smallest absolute Gasteiger partial charge is 0.290 e. The summed E-state index contributed by atoms with van der Waals surface area (Å²) in [6.45, 7) is 3.91. The van der Waals surface area contributed by atoms with Crippen LogP contribution in [0, 0.1) is 17.0 Å². The molecule has 0 aliphatic carbocycles. The van der Waals surface area contributed by atoms with E-state index in [1.54, 1.807) is 25.1 Å². The zero-order chi connectivity index (χ0) is 18.8. The molecule has 0 saturated carbocycles. The number of ether oxygens (including phenoxy) is 1. The van der Waals surface area contributed by atoms with Crippen LogP contribution in [0.25, 0.3) is 0 Å². The van der Waals surface area contributed by atoms with Crippen LogP contribution < -0.4 is 4.74 Å². The molecule has 1 aliphatic heterocycles. The number of carbonyl (C=O) groups excluding carboxylic acids is 2. The lowest BCUT2D eigenvalue weighted by Crippen LogP contribution is -2.30. The summed E-state index contributed by atoms with van der Waals surface area (Å²) >= 11 is 0. The second-order valence-electron chi connectivity index (χ2n) is 5.96. The van der Waals surface area contributed by atoms with E-state index in [4.69, 9.17) is 4.74 Å². The third-order valence-electron chi connectivity index (χ3n) is 4.17. The van der Waals surface area contributed by atoms with Gasteiger partial charge in [0, 0.05) is 18.2 Å². The van der Waals surface area contributed by atoms with Gasteiger partial charge in [-0.15, -0.1) is 0 Å². The molecule has 0 unspecified atom stereocenters. The van der Waals surface area contributed by atoms with Crippen LogP contribution in [-0.4, -0.2) is 33.2 Å². The highest BCUT2D eigenvalue weighted by molar-refractivity contribution is 6.22. The zero-order valence-corrected chi connectivity index (χ0v) is 14.4. The summed E-state index contributed by atoms with van der Waals surface area (Å²) in [6, 6.07) is 6.21. The molecule has 0 bridgehead atoms. The van der Waals surface area contributed by atoms with Crippen LogP contribution in [0.3, 0.4) is 0 Å². The monoisotopic (exact) mass is 355 g/mol. The van der Waals surface area contributed by atoms with Gasteiger partial charge < -0.3 is 4.74 Å². The van der Waals surface area contributed by atoms with Crippen LogP contribution >= 0.6 is 0 Å². The molecule has 1 aliphatic rings. The number of nitrogens with zero attached hydrogens (tertiary/aromatic N) is 3. The fourth-order valence-electron chi connectivity index (χ4n) is 2.79. The number of hydrogen-bond acceptors (Lipinski definition) is 6. The van der Waals surface area contributed by atoms with Crippen LogP contribution in [0.5, 0.6) is 11.6 Å². The summed E-state index contributed by atoms with van der Waals surface area (Å²) in [5.74, 6) is -0.404. The molecule has 26 heavy (non-hydrogen) atoms. The summed E-state index contributed by atoms with van der Waals surface area (Å²) in [7, 11) is 0. The van der Waals surface area contributed by atoms with Crippen molar-refractivity contribution in [1.82, 2.24) is 9.88 Å². The van der Waals surface area contributed by atoms with Gasteiger partial charge in [0.15, 0.2) is 0 Å². The van der Waals surface area contributed by atoms with E-state index >= 15 is 0 Å². The molecular formula is C18H17N3O5. The molecule has 0 saturated heterocycles. The van der Waals surface area contributed by atoms with Gasteiger partial charge in [0.2, 0.25) is 5.88 Å². The summed E-state index contributed by atoms with van der Waals surface area (Å²) in [5, 5.41) is 10.9. The second-order valence-corrected chi connectivity index (χ2v) is 5.96. The lowest BCUT2D eigenvalue weighted by molar-refractivity contribution is -0.385. The number of pyridine rings is 1. The Hall–Kier alpha value is -3.29. The maximum atomic E-state index is 12.6. The Bertz CT molecular complexity index is 910. The topological polar surface area (TPSA) is 103 Å². The Labute approximate surface area is 149 Å². The Morgan fingerprint density at radius 1 is 1.27 bits per heavy atom. The SMILES string of the molecule is CCCCN1C(=O)c2cccc(Oc3cc(C)c([N+](=O)[O-])cn3)c2C1=O. The number of unbranched alkanes of at least 4 members (excludes halogenated alkanes) is 1. The molecule has 2 aromatic rings. The van der Waals surface area contributed by atoms with Gasteiger partial charge in [-0.05, 0) is 25.5 Å². The van der Waals surface area contributed by atoms with E-state index in [1.807, 2.05) is 6.92 Å². The van der Waals surface area contributed by atoms with Gasteiger partial charge in [-0.1, -0.05) is 19.4 Å². The Balaban J connectivity index is 1.93. The molecule has 0 fully saturated rings. The minimum Gasteiger partial charge on any atom is -0.438 e. The number of amides is 2. The van der Waals surface area contributed by atoms with Crippen molar-refractivity contribution in [3.8, 4) is 11.6 Å². The van der Waals surface area contributed by atoms with E-state index in [2.05, 4.69) is 4.98 Å². The molecule has 1 aromatic heterocycles. The first-order chi connectivity index (χ1) is 12.4. The third-order valence-corrected chi connectivity index (χ3v) is 4.17. The predicted octanol–water partition coefficient (Wildman–Crippen LogP) is 3.49. The maximum absolute atomic E-state index is 12.6. The first-order valence-electron chi connectivity index (χ1n) is 8.22. The van der Waals surface area contributed by atoms with Crippen molar-refractivity contribution in [2.24, 2.45) is 0 Å². The molecule has 0 spiro atoms. The van der Waals surface area contributed by atoms with Crippen LogP contribution in [-0.2, 0) is 0 Å². The lowest BCUT2D eigenvalue weighted by atomic mass is 10.1. The van der Waals surface area contributed by atoms with Crippen LogP contribution in [0.2, 0.25) is 0 Å². The highest BCUT2D eigenvalue weighted by atomic mass is 16.6. The van der Waals surface area contributed by atoms with E-state index < -0.39 is 10.8 Å². The molecule has 2 amide bonds. The van der Waals surface area contributed by atoms with Gasteiger partial charge in [-0.25, -0.2) is 4.98 Å². The maximum Gasteiger partial charge on any atom is 0.290 e. The van der Waals surface area contributed by atoms with Crippen molar-refractivity contribution in [3.63, 3.8) is 0 Å². The van der Waals surface area contributed by atoms with Gasteiger partial charge in [0.25, 0.3) is 17.5 Å². The summed E-state index contributed by atoms with van der Waals surface area (Å²) in [4.78, 5) is 40.6. The Morgan fingerprint density at radius 3 is 2.69 bits per heavy atom. The molecular weight excluding hydrogens is 338 g/mol. The van der Waals surface area contributed by atoms with Gasteiger partial charge in [-0.2, -0.15) is 0 Å². The number of fused-ring (bicyclic) bond motifs is 1. The van der Waals surface area contributed by atoms with E-state index in [0.29, 0.717) is 17.7 Å². The van der Waals surface area contributed by atoms with Crippen molar-refractivity contribution in [3.05, 3.63) is 57.3 Å². The van der Waals surface area contributed by atoms with Crippen molar-refractivity contribution < 1.29 is 19.2 Å². The fourth-order valence-corrected chi connectivity index (χ4v) is 2.79. The molecule has 8 heteroatoms. The average Bonchev–Trinajstić information content (AvgIpc) is 2.84. The number of carbonyl (C=O) groups is 2. The molecule has 8 nitrogen and oxygen atoms in total. The Morgan fingerprint density at radius 2 is 2.04 bits per heavy atom. The van der Waals surface area contributed by atoms with Crippen LogP contribution in [0.1, 0.15) is 46.0 Å². The number of benzene rings is 1. The van der Waals surface area contributed by atoms with Crippen molar-refractivity contribution in [2.75, 3.05) is 6.54 Å². The minimum absolute atomic E-state index is 0.118. The minimum atomic E-state index is -0.528. The number of hydrogen-bond donors (Lipinski definition) is 0. The number of imide groups is 1. The summed E-state index contributed by atoms with van der Waals surface area (Å²) in [5.41, 5.74) is 0.765. The van der Waals surface area contributed by atoms with Crippen molar-refractivity contribution in [1.29, 1.82) is 0 Å². The fraction of sp³-hybridized carbons (Fsp3) is 0.278. The summed E-state index contributed by atoms with van der Waals surface area (Å²) in [6.07, 6.45) is 2.70. The number of aromatic nitrogens is 1. The number of nitro groups is 1. The van der Waals surface area contributed by atoms with Crippen LogP contribution in [0.4, 0.5) is 5.69 Å². The number of rotatable bonds is 6. The molecule has 0 atom stereocenters. The van der Waals surface area contributed by atoms with Crippen molar-refractivity contribution >= 4 is 17.5 Å². The van der Waals surface area contributed by atoms with Crippen LogP contribution in [0.15, 0.2) is 30.5 Å². The third kappa shape index (κ3) is 3.01. The molecule has 134 valence electrons. The largest absolute Gasteiger partial charge is 0.438 e. The first kappa shape index (κ1) is 17.5. The molecule has 0 N–H and O–H groups in total. The molecule has 1 aromatic carbocycles. The standard InChI is InChI=1S/C18H17N3O5/c1-3-4-8-20-17(22)12-6-5-7-14(16(12)18(20)23)26-15-9-11(2)13(10-19-15)21(24)25/h5-7,9-10H,3-4,8H2,1-2H3. The lowest BCUT2D eigenvalue weighted by Gasteiger charge is -2.13. The normalized spacial score (nSPS) is 13.1. The second kappa shape index (κ2) is 6.91. The Kier molecular flexibility index (Phi) is 4.66.